The summed E-state index contributed by atoms with van der Waals surface area (Å²) in [7, 11) is 0. The van der Waals surface area contributed by atoms with Crippen LogP contribution >= 0.6 is 0 Å². The lowest BCUT2D eigenvalue weighted by atomic mass is 9.97. The molecule has 0 radical (unpaired) electrons. The first-order valence-electron chi connectivity index (χ1n) is 8.00. The summed E-state index contributed by atoms with van der Waals surface area (Å²) in [4.78, 5) is 32.6. The average molecular weight is 314 g/mol. The number of likely N-dealkylation sites (tertiary alicyclic amines) is 1. The van der Waals surface area contributed by atoms with Crippen LogP contribution in [0.3, 0.4) is 0 Å². The van der Waals surface area contributed by atoms with Crippen molar-refractivity contribution in [2.45, 2.75) is 31.2 Å². The van der Waals surface area contributed by atoms with Gasteiger partial charge in [0, 0.05) is 30.4 Å². The number of piperidine rings is 1. The molecule has 120 valence electrons. The Kier molecular flexibility index (Phi) is 3.28. The van der Waals surface area contributed by atoms with Crippen LogP contribution < -0.4 is 0 Å². The van der Waals surface area contributed by atoms with Gasteiger partial charge >= 0.3 is 0 Å². The molecule has 1 aliphatic heterocycles. The van der Waals surface area contributed by atoms with Crippen LogP contribution in [0.2, 0.25) is 0 Å². The minimum atomic E-state index is -0.672. The number of para-hydroxylation sites is 2. The highest BCUT2D eigenvalue weighted by atomic mass is 16.6. The van der Waals surface area contributed by atoms with E-state index in [-0.39, 0.29) is 16.7 Å². The number of rotatable bonds is 3. The number of hydrogen-bond acceptors (Lipinski definition) is 4. The van der Waals surface area contributed by atoms with E-state index in [1.165, 1.54) is 0 Å². The molecule has 3 atom stereocenters. The van der Waals surface area contributed by atoms with E-state index in [0.29, 0.717) is 19.5 Å². The number of nitrogens with one attached hydrogen (secondary N) is 1. The summed E-state index contributed by atoms with van der Waals surface area (Å²) in [5.41, 5.74) is 1.93. The minimum Gasteiger partial charge on any atom is -0.342 e. The van der Waals surface area contributed by atoms with Gasteiger partial charge in [0.1, 0.15) is 11.7 Å². The molecule has 23 heavy (non-hydrogen) atoms. The van der Waals surface area contributed by atoms with E-state index in [4.69, 9.17) is 0 Å². The Morgan fingerprint density at radius 2 is 2.22 bits per heavy atom. The van der Waals surface area contributed by atoms with Crippen LogP contribution in [0.1, 0.15) is 31.0 Å². The number of amides is 1. The fourth-order valence-corrected chi connectivity index (χ4v) is 3.48. The maximum atomic E-state index is 12.4. The molecule has 1 saturated carbocycles. The molecular formula is C16H18N4O3. The lowest BCUT2D eigenvalue weighted by molar-refractivity contribution is -0.497. The SMILES string of the molecule is O=C([C@@H]1C[C@@H]1[N+](=O)[O-])N1CCC[C@@H](c2nc3ccccc3[nH]2)C1. The van der Waals surface area contributed by atoms with E-state index in [1.54, 1.807) is 4.90 Å². The zero-order valence-corrected chi connectivity index (χ0v) is 12.6. The Balaban J connectivity index is 1.48. The Morgan fingerprint density at radius 1 is 1.39 bits per heavy atom. The number of hydrogen-bond donors (Lipinski definition) is 1. The molecule has 1 aromatic heterocycles. The highest BCUT2D eigenvalue weighted by molar-refractivity contribution is 5.82. The molecular weight excluding hydrogens is 296 g/mol. The fraction of sp³-hybridized carbons (Fsp3) is 0.500. The summed E-state index contributed by atoms with van der Waals surface area (Å²) in [6, 6.07) is 7.20. The number of nitro groups is 1. The van der Waals surface area contributed by atoms with Crippen molar-refractivity contribution < 1.29 is 9.72 Å². The molecule has 2 fully saturated rings. The third-order valence-electron chi connectivity index (χ3n) is 4.87. The maximum absolute atomic E-state index is 12.4. The summed E-state index contributed by atoms with van der Waals surface area (Å²) < 4.78 is 0. The Morgan fingerprint density at radius 3 is 2.96 bits per heavy atom. The van der Waals surface area contributed by atoms with Crippen molar-refractivity contribution in [3.05, 3.63) is 40.2 Å². The predicted octanol–water partition coefficient (Wildman–Crippen LogP) is 1.93. The number of carbonyl (C=O) groups is 1. The van der Waals surface area contributed by atoms with E-state index >= 15 is 0 Å². The first kappa shape index (κ1) is 14.2. The highest BCUT2D eigenvalue weighted by Gasteiger charge is 2.54. The summed E-state index contributed by atoms with van der Waals surface area (Å²) in [6.45, 7) is 1.29. The van der Waals surface area contributed by atoms with Gasteiger partial charge in [0.2, 0.25) is 11.9 Å². The summed E-state index contributed by atoms with van der Waals surface area (Å²) in [5.74, 6) is 0.602. The Labute approximate surface area is 132 Å². The number of nitrogens with zero attached hydrogens (tertiary/aromatic N) is 3. The lowest BCUT2D eigenvalue weighted by Gasteiger charge is -2.31. The van der Waals surface area contributed by atoms with Crippen LogP contribution in [0, 0.1) is 16.0 Å². The van der Waals surface area contributed by atoms with Crippen molar-refractivity contribution >= 4 is 16.9 Å². The molecule has 2 aromatic rings. The number of carbonyl (C=O) groups excluding carboxylic acids is 1. The highest BCUT2D eigenvalue weighted by Crippen LogP contribution is 2.36. The number of aromatic amines is 1. The molecule has 0 spiro atoms. The second kappa shape index (κ2) is 5.33. The average Bonchev–Trinajstić information content (AvgIpc) is 3.26. The number of fused-ring (bicyclic) bond motifs is 1. The van der Waals surface area contributed by atoms with Gasteiger partial charge in [-0.1, -0.05) is 12.1 Å². The molecule has 4 rings (SSSR count). The zero-order valence-electron chi connectivity index (χ0n) is 12.6. The Hall–Kier alpha value is -2.44. The van der Waals surface area contributed by atoms with E-state index in [1.807, 2.05) is 24.3 Å². The van der Waals surface area contributed by atoms with Gasteiger partial charge in [-0.05, 0) is 25.0 Å². The molecule has 7 nitrogen and oxygen atoms in total. The van der Waals surface area contributed by atoms with Crippen molar-refractivity contribution in [3.63, 3.8) is 0 Å². The van der Waals surface area contributed by atoms with Crippen molar-refractivity contribution in [1.29, 1.82) is 0 Å². The third kappa shape index (κ3) is 2.56. The van der Waals surface area contributed by atoms with Crippen LogP contribution in [-0.4, -0.2) is 44.8 Å². The molecule has 0 bridgehead atoms. The molecule has 1 aliphatic carbocycles. The van der Waals surface area contributed by atoms with Crippen LogP contribution in [0.25, 0.3) is 11.0 Å². The second-order valence-corrected chi connectivity index (χ2v) is 6.46. The fourth-order valence-electron chi connectivity index (χ4n) is 3.48. The minimum absolute atomic E-state index is 0.0625. The van der Waals surface area contributed by atoms with Crippen molar-refractivity contribution in [2.24, 2.45) is 5.92 Å². The van der Waals surface area contributed by atoms with E-state index in [0.717, 1.165) is 29.7 Å². The number of benzene rings is 1. The van der Waals surface area contributed by atoms with Gasteiger partial charge in [0.15, 0.2) is 0 Å². The first-order valence-corrected chi connectivity index (χ1v) is 8.00. The normalized spacial score (nSPS) is 27.1. The molecule has 1 amide bonds. The number of H-pyrrole nitrogens is 1. The van der Waals surface area contributed by atoms with E-state index in [9.17, 15) is 14.9 Å². The van der Waals surface area contributed by atoms with Gasteiger partial charge in [-0.2, -0.15) is 0 Å². The topological polar surface area (TPSA) is 92.1 Å². The summed E-state index contributed by atoms with van der Waals surface area (Å²) in [5, 5.41) is 10.8. The molecule has 0 unspecified atom stereocenters. The molecule has 2 aliphatic rings. The predicted molar refractivity (Wildman–Crippen MR) is 83.5 cm³/mol. The van der Waals surface area contributed by atoms with E-state index in [2.05, 4.69) is 9.97 Å². The first-order chi connectivity index (χ1) is 11.1. The molecule has 1 N–H and O–H groups in total. The molecule has 2 heterocycles. The second-order valence-electron chi connectivity index (χ2n) is 6.46. The van der Waals surface area contributed by atoms with Gasteiger partial charge in [0.05, 0.1) is 11.0 Å². The van der Waals surface area contributed by atoms with Crippen LogP contribution in [-0.2, 0) is 4.79 Å². The largest absolute Gasteiger partial charge is 0.342 e. The third-order valence-corrected chi connectivity index (χ3v) is 4.87. The van der Waals surface area contributed by atoms with Gasteiger partial charge in [-0.3, -0.25) is 14.9 Å². The number of imidazole rings is 1. The molecule has 1 saturated heterocycles. The van der Waals surface area contributed by atoms with Gasteiger partial charge in [0.25, 0.3) is 0 Å². The van der Waals surface area contributed by atoms with Crippen LogP contribution in [0.15, 0.2) is 24.3 Å². The van der Waals surface area contributed by atoms with Crippen molar-refractivity contribution in [1.82, 2.24) is 14.9 Å². The smallest absolute Gasteiger partial charge is 0.232 e. The quantitative estimate of drug-likeness (QED) is 0.692. The summed E-state index contributed by atoms with van der Waals surface area (Å²) in [6.07, 6.45) is 2.27. The van der Waals surface area contributed by atoms with E-state index < -0.39 is 12.0 Å². The molecule has 1 aromatic carbocycles. The van der Waals surface area contributed by atoms with Crippen molar-refractivity contribution in [2.75, 3.05) is 13.1 Å². The van der Waals surface area contributed by atoms with Crippen LogP contribution in [0.4, 0.5) is 0 Å². The number of aromatic nitrogens is 2. The standard InChI is InChI=1S/C16H18N4O3/c21-16(11-8-14(11)20(22)23)19-7-3-4-10(9-19)15-17-12-5-1-2-6-13(12)18-15/h1-2,5-6,10-11,14H,3-4,7-9H2,(H,17,18)/t10-,11-,14+/m1/s1. The lowest BCUT2D eigenvalue weighted by Crippen LogP contribution is -2.41. The molecule has 7 heteroatoms. The van der Waals surface area contributed by atoms with Gasteiger partial charge in [-0.15, -0.1) is 0 Å². The zero-order chi connectivity index (χ0) is 16.0. The maximum Gasteiger partial charge on any atom is 0.232 e. The van der Waals surface area contributed by atoms with Gasteiger partial charge in [-0.25, -0.2) is 4.98 Å². The van der Waals surface area contributed by atoms with Crippen LogP contribution in [0.5, 0.6) is 0 Å². The summed E-state index contributed by atoms with van der Waals surface area (Å²) >= 11 is 0. The van der Waals surface area contributed by atoms with Crippen molar-refractivity contribution in [3.8, 4) is 0 Å². The monoisotopic (exact) mass is 314 g/mol. The Bertz CT molecular complexity index is 739. The van der Waals surface area contributed by atoms with Gasteiger partial charge < -0.3 is 9.88 Å².